The Morgan fingerprint density at radius 1 is 1.38 bits per heavy atom. The number of hydrogen-bond acceptors (Lipinski definition) is 5. The van der Waals surface area contributed by atoms with Gasteiger partial charge in [-0.1, -0.05) is 0 Å². The van der Waals surface area contributed by atoms with Crippen molar-refractivity contribution in [2.24, 2.45) is 0 Å². The van der Waals surface area contributed by atoms with Gasteiger partial charge < -0.3 is 14.7 Å². The second kappa shape index (κ2) is 4.82. The number of ether oxygens (including phenoxy) is 1. The van der Waals surface area contributed by atoms with Gasteiger partial charge in [0.15, 0.2) is 0 Å². The Bertz CT molecular complexity index is 865. The molecule has 1 aliphatic rings. The summed E-state index contributed by atoms with van der Waals surface area (Å²) in [5.41, 5.74) is -0.231. The number of nitrogens with zero attached hydrogens (tertiary/aromatic N) is 1. The lowest BCUT2D eigenvalue weighted by atomic mass is 10.1. The van der Waals surface area contributed by atoms with Crippen LogP contribution < -0.4 is 15.9 Å². The first-order chi connectivity index (χ1) is 10.0. The fourth-order valence-electron chi connectivity index (χ4n) is 2.10. The van der Waals surface area contributed by atoms with Crippen molar-refractivity contribution in [3.8, 4) is 11.8 Å². The van der Waals surface area contributed by atoms with Gasteiger partial charge in [0.2, 0.25) is 0 Å². The number of hydrogen-bond donors (Lipinski definition) is 2. The molecule has 1 atom stereocenters. The van der Waals surface area contributed by atoms with Crippen LogP contribution in [0.15, 0.2) is 38.9 Å². The Morgan fingerprint density at radius 3 is 2.90 bits per heavy atom. The van der Waals surface area contributed by atoms with Gasteiger partial charge in [-0.3, -0.25) is 9.59 Å². The normalized spacial score (nSPS) is 20.2. The molecule has 0 radical (unpaired) electrons. The van der Waals surface area contributed by atoms with Crippen LogP contribution in [-0.4, -0.2) is 16.6 Å². The molecule has 3 rings (SSSR count). The van der Waals surface area contributed by atoms with Gasteiger partial charge in [0.1, 0.15) is 12.4 Å². The van der Waals surface area contributed by atoms with Crippen LogP contribution in [0.1, 0.15) is 18.2 Å². The minimum Gasteiger partial charge on any atom is -0.490 e. The second-order valence-electron chi connectivity index (χ2n) is 4.88. The van der Waals surface area contributed by atoms with Gasteiger partial charge in [-0.2, -0.15) is 5.26 Å². The minimum absolute atomic E-state index is 0.321. The average Bonchev–Trinajstić information content (AvgIpc) is 2.49. The van der Waals surface area contributed by atoms with E-state index >= 15 is 0 Å². The van der Waals surface area contributed by atoms with E-state index in [-0.39, 0.29) is 0 Å². The summed E-state index contributed by atoms with van der Waals surface area (Å²) in [5, 5.41) is 8.89. The number of rotatable bonds is 1. The number of aromatic nitrogens is 2. The van der Waals surface area contributed by atoms with Crippen molar-refractivity contribution in [3.05, 3.63) is 56.4 Å². The molecule has 1 unspecified atom stereocenters. The summed E-state index contributed by atoms with van der Waals surface area (Å²) in [5.74, 6) is 0.656. The predicted octanol–water partition coefficient (Wildman–Crippen LogP) is 1.33. The number of nitriles is 1. The zero-order valence-corrected chi connectivity index (χ0v) is 11.9. The predicted molar refractivity (Wildman–Crippen MR) is 77.5 cm³/mol. The number of benzene rings is 1. The molecule has 2 aromatic rings. The molecule has 0 saturated carbocycles. The van der Waals surface area contributed by atoms with Gasteiger partial charge in [0, 0.05) is 6.20 Å². The summed E-state index contributed by atoms with van der Waals surface area (Å²) in [7, 11) is 0. The molecular formula is C14H11N3O3S. The van der Waals surface area contributed by atoms with Crippen molar-refractivity contribution in [1.82, 2.24) is 9.97 Å². The molecular weight excluding hydrogens is 290 g/mol. The first-order valence-corrected chi connectivity index (χ1v) is 7.02. The van der Waals surface area contributed by atoms with Crippen molar-refractivity contribution < 1.29 is 4.74 Å². The third kappa shape index (κ3) is 2.34. The van der Waals surface area contributed by atoms with Crippen LogP contribution in [0, 0.1) is 11.3 Å². The Hall–Kier alpha value is -2.46. The molecule has 0 amide bonds. The van der Waals surface area contributed by atoms with E-state index in [1.807, 2.05) is 13.0 Å². The highest BCUT2D eigenvalue weighted by Crippen LogP contribution is 2.47. The molecule has 106 valence electrons. The van der Waals surface area contributed by atoms with Crippen molar-refractivity contribution in [1.29, 1.82) is 5.26 Å². The smallest absolute Gasteiger partial charge is 0.313 e. The van der Waals surface area contributed by atoms with Crippen LogP contribution in [-0.2, 0) is 4.75 Å². The molecule has 0 aliphatic carbocycles. The third-order valence-electron chi connectivity index (χ3n) is 3.28. The lowest BCUT2D eigenvalue weighted by Gasteiger charge is -2.33. The molecule has 0 fully saturated rings. The Balaban J connectivity index is 2.01. The Kier molecular flexibility index (Phi) is 3.11. The number of aromatic amines is 2. The zero-order chi connectivity index (χ0) is 15.0. The van der Waals surface area contributed by atoms with Gasteiger partial charge in [0.25, 0.3) is 0 Å². The molecule has 0 saturated heterocycles. The second-order valence-corrected chi connectivity index (χ2v) is 6.43. The summed E-state index contributed by atoms with van der Waals surface area (Å²) < 4.78 is 5.20. The fraction of sp³-hybridized carbons (Fsp3) is 0.214. The first kappa shape index (κ1) is 13.5. The lowest BCUT2D eigenvalue weighted by molar-refractivity contribution is 0.262. The number of nitrogens with one attached hydrogen (secondary N) is 2. The summed E-state index contributed by atoms with van der Waals surface area (Å²) >= 11 is 1.52. The summed E-state index contributed by atoms with van der Waals surface area (Å²) in [6, 6.07) is 7.30. The molecule has 1 aromatic heterocycles. The molecule has 1 aromatic carbocycles. The number of H-pyrrole nitrogens is 2. The van der Waals surface area contributed by atoms with Crippen LogP contribution in [0.4, 0.5) is 0 Å². The van der Waals surface area contributed by atoms with Gasteiger partial charge in [-0.25, -0.2) is 0 Å². The van der Waals surface area contributed by atoms with Gasteiger partial charge in [0.05, 0.1) is 27.0 Å². The third-order valence-corrected chi connectivity index (χ3v) is 4.63. The van der Waals surface area contributed by atoms with E-state index in [1.165, 1.54) is 18.0 Å². The maximum atomic E-state index is 11.5. The van der Waals surface area contributed by atoms with Crippen molar-refractivity contribution in [3.63, 3.8) is 0 Å². The SMILES string of the molecule is CC1(c2c[nH]c(=O)c(=O)[nH]2)COc2cc(C#N)ccc2S1. The van der Waals surface area contributed by atoms with Gasteiger partial charge >= 0.3 is 11.1 Å². The maximum absolute atomic E-state index is 11.5. The summed E-state index contributed by atoms with van der Waals surface area (Å²) in [6.45, 7) is 2.24. The zero-order valence-electron chi connectivity index (χ0n) is 11.1. The standard InChI is InChI=1S/C14H11N3O3S/c1-14(11-6-16-12(18)13(19)17-11)7-20-9-4-8(5-15)2-3-10(9)21-14/h2-4,6H,7H2,1H3,(H,16,18)(H,17,19). The van der Waals surface area contributed by atoms with E-state index in [4.69, 9.17) is 10.00 Å². The van der Waals surface area contributed by atoms with E-state index < -0.39 is 15.9 Å². The quantitative estimate of drug-likeness (QED) is 0.774. The molecule has 0 bridgehead atoms. The molecule has 2 heterocycles. The van der Waals surface area contributed by atoms with Gasteiger partial charge in [-0.05, 0) is 25.1 Å². The maximum Gasteiger partial charge on any atom is 0.313 e. The van der Waals surface area contributed by atoms with E-state index in [1.54, 1.807) is 12.1 Å². The van der Waals surface area contributed by atoms with Crippen LogP contribution in [0.25, 0.3) is 0 Å². The van der Waals surface area contributed by atoms with Crippen LogP contribution in [0.5, 0.6) is 5.75 Å². The van der Waals surface area contributed by atoms with E-state index in [0.29, 0.717) is 23.6 Å². The highest BCUT2D eigenvalue weighted by molar-refractivity contribution is 8.00. The molecule has 1 aliphatic heterocycles. The van der Waals surface area contributed by atoms with E-state index in [0.717, 1.165) is 4.90 Å². The monoisotopic (exact) mass is 301 g/mol. The van der Waals surface area contributed by atoms with Crippen molar-refractivity contribution in [2.45, 2.75) is 16.6 Å². The topological polar surface area (TPSA) is 98.7 Å². The summed E-state index contributed by atoms with van der Waals surface area (Å²) in [4.78, 5) is 28.5. The van der Waals surface area contributed by atoms with Crippen molar-refractivity contribution >= 4 is 11.8 Å². The van der Waals surface area contributed by atoms with Crippen molar-refractivity contribution in [2.75, 3.05) is 6.61 Å². The highest BCUT2D eigenvalue weighted by atomic mass is 32.2. The number of fused-ring (bicyclic) bond motifs is 1. The molecule has 0 spiro atoms. The largest absolute Gasteiger partial charge is 0.490 e. The highest BCUT2D eigenvalue weighted by Gasteiger charge is 2.35. The van der Waals surface area contributed by atoms with E-state index in [9.17, 15) is 9.59 Å². The molecule has 21 heavy (non-hydrogen) atoms. The Labute approximate surface area is 123 Å². The van der Waals surface area contributed by atoms with Crippen LogP contribution >= 0.6 is 11.8 Å². The first-order valence-electron chi connectivity index (χ1n) is 6.20. The van der Waals surface area contributed by atoms with E-state index in [2.05, 4.69) is 16.0 Å². The molecule has 7 heteroatoms. The van der Waals surface area contributed by atoms with Crippen LogP contribution in [0.2, 0.25) is 0 Å². The molecule has 2 N–H and O–H groups in total. The Morgan fingerprint density at radius 2 is 2.19 bits per heavy atom. The molecule has 6 nitrogen and oxygen atoms in total. The van der Waals surface area contributed by atoms with Crippen LogP contribution in [0.3, 0.4) is 0 Å². The lowest BCUT2D eigenvalue weighted by Crippen LogP contribution is -2.37. The van der Waals surface area contributed by atoms with Gasteiger partial charge in [-0.15, -0.1) is 11.8 Å². The average molecular weight is 301 g/mol. The fourth-order valence-corrected chi connectivity index (χ4v) is 3.28. The minimum atomic E-state index is -0.681. The number of thioether (sulfide) groups is 1. The summed E-state index contributed by atoms with van der Waals surface area (Å²) in [6.07, 6.45) is 1.49.